The fourth-order valence-corrected chi connectivity index (χ4v) is 7.49. The fraction of sp³-hybridized carbons (Fsp3) is 0.114. The molecule has 0 amide bonds. The molecule has 1 aromatic heterocycles. The number of nitrogens with zero attached hydrogens (tertiary/aromatic N) is 3. The van der Waals surface area contributed by atoms with Gasteiger partial charge in [0.15, 0.2) is 5.84 Å². The second-order valence-electron chi connectivity index (χ2n) is 12.8. The average molecular weight is 604 g/mol. The number of allylic oxidation sites excluding steroid dienone is 1. The van der Waals surface area contributed by atoms with Crippen LogP contribution >= 0.6 is 0 Å². The Balaban J connectivity index is 1.25. The zero-order chi connectivity index (χ0) is 31.3. The van der Waals surface area contributed by atoms with Gasteiger partial charge in [-0.25, -0.2) is 4.99 Å². The van der Waals surface area contributed by atoms with Gasteiger partial charge in [0, 0.05) is 29.3 Å². The summed E-state index contributed by atoms with van der Waals surface area (Å²) in [5, 5.41) is 7.55. The second kappa shape index (κ2) is 11.3. The third-order valence-electron chi connectivity index (χ3n) is 9.78. The minimum atomic E-state index is -0.0744. The van der Waals surface area contributed by atoms with Gasteiger partial charge in [0.05, 0.1) is 17.4 Å². The van der Waals surface area contributed by atoms with Gasteiger partial charge in [-0.3, -0.25) is 9.98 Å². The van der Waals surface area contributed by atoms with Crippen molar-refractivity contribution in [2.75, 3.05) is 0 Å². The summed E-state index contributed by atoms with van der Waals surface area (Å²) in [5.74, 6) is 1.29. The van der Waals surface area contributed by atoms with Crippen molar-refractivity contribution in [2.45, 2.75) is 25.8 Å². The summed E-state index contributed by atoms with van der Waals surface area (Å²) in [6.45, 7) is 2.30. The maximum atomic E-state index is 5.46. The number of benzene rings is 6. The van der Waals surface area contributed by atoms with Crippen molar-refractivity contribution in [3.05, 3.63) is 167 Å². The molecule has 0 saturated heterocycles. The number of rotatable bonds is 4. The van der Waals surface area contributed by atoms with Crippen LogP contribution in [0.1, 0.15) is 47.2 Å². The van der Waals surface area contributed by atoms with Crippen LogP contribution in [-0.2, 0) is 6.42 Å². The molecule has 6 aromatic carbocycles. The zero-order valence-electron chi connectivity index (χ0n) is 26.3. The van der Waals surface area contributed by atoms with Gasteiger partial charge in [-0.15, -0.1) is 0 Å². The Bertz CT molecular complexity index is 2420. The molecule has 3 heteroatoms. The van der Waals surface area contributed by atoms with Crippen LogP contribution in [0.5, 0.6) is 0 Å². The van der Waals surface area contributed by atoms with E-state index < -0.39 is 0 Å². The Morgan fingerprint density at radius 2 is 1.32 bits per heavy atom. The van der Waals surface area contributed by atoms with E-state index in [1.165, 1.54) is 54.6 Å². The topological polar surface area (TPSA) is 37.6 Å². The van der Waals surface area contributed by atoms with E-state index in [0.717, 1.165) is 41.2 Å². The molecule has 7 aromatic rings. The predicted molar refractivity (Wildman–Crippen MR) is 197 cm³/mol. The van der Waals surface area contributed by atoms with Crippen molar-refractivity contribution < 1.29 is 0 Å². The van der Waals surface area contributed by atoms with Gasteiger partial charge in [-0.2, -0.15) is 0 Å². The van der Waals surface area contributed by atoms with Gasteiger partial charge < -0.3 is 0 Å². The molecular weight excluding hydrogens is 571 g/mol. The van der Waals surface area contributed by atoms with Crippen molar-refractivity contribution in [1.29, 1.82) is 0 Å². The molecule has 2 heterocycles. The third kappa shape index (κ3) is 4.87. The first-order valence-corrected chi connectivity index (χ1v) is 16.5. The molecule has 1 aliphatic carbocycles. The van der Waals surface area contributed by atoms with E-state index >= 15 is 0 Å². The fourth-order valence-electron chi connectivity index (χ4n) is 7.49. The van der Waals surface area contributed by atoms with Gasteiger partial charge in [-0.1, -0.05) is 128 Å². The molecule has 1 aliphatic heterocycles. The van der Waals surface area contributed by atoms with Crippen LogP contribution in [0.4, 0.5) is 0 Å². The number of fused-ring (bicyclic) bond motifs is 6. The number of amidine groups is 1. The Hall–Kier alpha value is -5.67. The van der Waals surface area contributed by atoms with Crippen LogP contribution in [0.2, 0.25) is 0 Å². The summed E-state index contributed by atoms with van der Waals surface area (Å²) in [4.78, 5) is 15.4. The molecule has 0 N–H and O–H groups in total. The summed E-state index contributed by atoms with van der Waals surface area (Å²) in [5.41, 5.74) is 9.34. The number of aliphatic imine (C=N–C) groups is 2. The van der Waals surface area contributed by atoms with E-state index in [1.54, 1.807) is 0 Å². The lowest BCUT2D eigenvalue weighted by Crippen LogP contribution is -2.18. The van der Waals surface area contributed by atoms with E-state index in [0.29, 0.717) is 5.92 Å². The predicted octanol–water partition coefficient (Wildman–Crippen LogP) is 10.8. The van der Waals surface area contributed by atoms with Crippen molar-refractivity contribution in [1.82, 2.24) is 4.98 Å². The summed E-state index contributed by atoms with van der Waals surface area (Å²) < 4.78 is 0. The van der Waals surface area contributed by atoms with Crippen molar-refractivity contribution >= 4 is 49.9 Å². The highest BCUT2D eigenvalue weighted by Gasteiger charge is 2.27. The molecule has 224 valence electrons. The molecule has 2 atom stereocenters. The first-order chi connectivity index (χ1) is 23.2. The van der Waals surface area contributed by atoms with E-state index in [-0.39, 0.29) is 6.04 Å². The molecule has 0 spiro atoms. The summed E-state index contributed by atoms with van der Waals surface area (Å²) in [6.07, 6.45) is 8.27. The van der Waals surface area contributed by atoms with Gasteiger partial charge in [-0.05, 0) is 79.5 Å². The minimum Gasteiger partial charge on any atom is -0.258 e. The molecule has 3 nitrogen and oxygen atoms in total. The average Bonchev–Trinajstić information content (AvgIpc) is 3.14. The van der Waals surface area contributed by atoms with Crippen LogP contribution in [0, 0.1) is 5.92 Å². The molecule has 9 rings (SSSR count). The Labute approximate surface area is 274 Å². The third-order valence-corrected chi connectivity index (χ3v) is 9.78. The summed E-state index contributed by atoms with van der Waals surface area (Å²) in [7, 11) is 0. The van der Waals surface area contributed by atoms with Crippen LogP contribution in [0.3, 0.4) is 0 Å². The SMILES string of the molecule is CC1C=Cc2c(cc(C3CC(c4cc5ccccc5c5ccccc45)=NC(c4ccc(-c5ccccn5)cc4)=N3)c3ccccc23)C1. The summed E-state index contributed by atoms with van der Waals surface area (Å²) in [6, 6.07) is 45.5. The minimum absolute atomic E-state index is 0.0744. The molecule has 0 bridgehead atoms. The number of hydrogen-bond acceptors (Lipinski definition) is 3. The first-order valence-electron chi connectivity index (χ1n) is 16.5. The summed E-state index contributed by atoms with van der Waals surface area (Å²) >= 11 is 0. The van der Waals surface area contributed by atoms with E-state index in [4.69, 9.17) is 9.98 Å². The van der Waals surface area contributed by atoms with Crippen molar-refractivity contribution in [2.24, 2.45) is 15.9 Å². The lowest BCUT2D eigenvalue weighted by atomic mass is 9.83. The highest BCUT2D eigenvalue weighted by Crippen LogP contribution is 2.40. The molecule has 2 unspecified atom stereocenters. The van der Waals surface area contributed by atoms with Gasteiger partial charge >= 0.3 is 0 Å². The first kappa shape index (κ1) is 27.6. The zero-order valence-corrected chi connectivity index (χ0v) is 26.3. The Morgan fingerprint density at radius 3 is 2.13 bits per heavy atom. The lowest BCUT2D eigenvalue weighted by molar-refractivity contribution is 0.711. The highest BCUT2D eigenvalue weighted by atomic mass is 15.0. The van der Waals surface area contributed by atoms with Crippen molar-refractivity contribution in [3.8, 4) is 11.3 Å². The Morgan fingerprint density at radius 1 is 0.617 bits per heavy atom. The quantitative estimate of drug-likeness (QED) is 0.184. The Kier molecular flexibility index (Phi) is 6.64. The molecule has 47 heavy (non-hydrogen) atoms. The van der Waals surface area contributed by atoms with Crippen LogP contribution in [0.15, 0.2) is 150 Å². The number of aromatic nitrogens is 1. The monoisotopic (exact) mass is 603 g/mol. The highest BCUT2D eigenvalue weighted by molar-refractivity contribution is 6.23. The molecule has 0 fully saturated rings. The molecule has 0 saturated carbocycles. The van der Waals surface area contributed by atoms with Crippen molar-refractivity contribution in [3.63, 3.8) is 0 Å². The van der Waals surface area contributed by atoms with Crippen LogP contribution < -0.4 is 0 Å². The van der Waals surface area contributed by atoms with E-state index in [1.807, 2.05) is 24.4 Å². The number of pyridine rings is 1. The molecule has 2 aliphatic rings. The maximum absolute atomic E-state index is 5.46. The largest absolute Gasteiger partial charge is 0.258 e. The normalized spacial score (nSPS) is 17.5. The van der Waals surface area contributed by atoms with Gasteiger partial charge in [0.1, 0.15) is 0 Å². The number of hydrogen-bond donors (Lipinski definition) is 0. The van der Waals surface area contributed by atoms with Crippen LogP contribution in [0.25, 0.3) is 49.7 Å². The van der Waals surface area contributed by atoms with E-state index in [2.05, 4.69) is 133 Å². The second-order valence-corrected chi connectivity index (χ2v) is 12.8. The molecular formula is C44H33N3. The smallest absolute Gasteiger partial charge is 0.155 e. The van der Waals surface area contributed by atoms with Gasteiger partial charge in [0.2, 0.25) is 0 Å². The van der Waals surface area contributed by atoms with Gasteiger partial charge in [0.25, 0.3) is 0 Å². The standard InChI is InChI=1S/C44H33N3/c1-28-17-22-34-32(24-28)26-40(38-15-7-5-13-36(34)38)43-27-42(39-25-31-10-2-3-11-33(31)35-12-4-6-14-37(35)39)46-44(47-43)30-20-18-29(19-21-30)41-16-8-9-23-45-41/h2-23,25-26,28,43H,24,27H2,1H3. The maximum Gasteiger partial charge on any atom is 0.155 e. The molecule has 0 radical (unpaired) electrons. The van der Waals surface area contributed by atoms with Crippen LogP contribution in [-0.4, -0.2) is 16.5 Å². The lowest BCUT2D eigenvalue weighted by Gasteiger charge is -2.26. The van der Waals surface area contributed by atoms with E-state index in [9.17, 15) is 0 Å².